The molecule has 0 aliphatic carbocycles. The summed E-state index contributed by atoms with van der Waals surface area (Å²) >= 11 is 0. The van der Waals surface area contributed by atoms with Crippen LogP contribution in [0.1, 0.15) is 72.9 Å². The van der Waals surface area contributed by atoms with Crippen LogP contribution in [0.3, 0.4) is 0 Å². The first-order chi connectivity index (χ1) is 39.8. The number of para-hydroxylation sites is 3. The maximum absolute atomic E-state index is 6.47. The van der Waals surface area contributed by atoms with Gasteiger partial charge in [-0.25, -0.2) is 0 Å². The van der Waals surface area contributed by atoms with Gasteiger partial charge in [-0.1, -0.05) is 147 Å². The van der Waals surface area contributed by atoms with E-state index in [4.69, 9.17) is 14.1 Å². The van der Waals surface area contributed by atoms with E-state index in [0.717, 1.165) is 104 Å². The van der Waals surface area contributed by atoms with Crippen molar-refractivity contribution in [1.29, 1.82) is 0 Å². The minimum atomic E-state index is 0. The molecule has 0 N–H and O–H groups in total. The van der Waals surface area contributed by atoms with Crippen LogP contribution in [0.5, 0.6) is 11.5 Å². The van der Waals surface area contributed by atoms with Gasteiger partial charge in [0, 0.05) is 23.5 Å². The quantitative estimate of drug-likeness (QED) is 0.0957. The Kier molecular flexibility index (Phi) is 16.9. The largest absolute Gasteiger partial charge is 3.00 e. The Balaban J connectivity index is 0.000000170. The number of imidazole rings is 1. The maximum Gasteiger partial charge on any atom is 3.00 e. The summed E-state index contributed by atoms with van der Waals surface area (Å²) in [5.74, 6) is 3.16. The van der Waals surface area contributed by atoms with Crippen molar-refractivity contribution in [1.82, 2.24) is 19.5 Å². The summed E-state index contributed by atoms with van der Waals surface area (Å²) in [4.78, 5) is 14.2. The molecule has 0 unspecified atom stereocenters. The summed E-state index contributed by atoms with van der Waals surface area (Å²) < 4.78 is 15.1. The minimum Gasteiger partial charge on any atom is -0.501 e. The number of benzene rings is 9. The Morgan fingerprint density at radius 3 is 1.82 bits per heavy atom. The second-order valence-corrected chi connectivity index (χ2v) is 21.2. The van der Waals surface area contributed by atoms with E-state index in [1.165, 1.54) is 50.2 Å². The average molecular weight is 1240 g/mol. The van der Waals surface area contributed by atoms with Crippen LogP contribution in [-0.2, 0) is 45.8 Å². The molecule has 0 radical (unpaired) electrons. The molecule has 13 rings (SSSR count). The van der Waals surface area contributed by atoms with E-state index < -0.39 is 0 Å². The van der Waals surface area contributed by atoms with E-state index in [9.17, 15) is 0 Å². The molecule has 0 aliphatic rings. The van der Waals surface area contributed by atoms with Crippen LogP contribution >= 0.6 is 0 Å². The van der Waals surface area contributed by atoms with Crippen molar-refractivity contribution in [2.24, 2.45) is 0 Å². The molecule has 0 saturated heterocycles. The third-order valence-corrected chi connectivity index (χ3v) is 14.9. The van der Waals surface area contributed by atoms with Gasteiger partial charge in [0.15, 0.2) is 0 Å². The van der Waals surface area contributed by atoms with E-state index in [1.807, 2.05) is 91.3 Å². The second kappa shape index (κ2) is 25.2. The van der Waals surface area contributed by atoms with Crippen LogP contribution in [0, 0.1) is 18.2 Å². The Labute approximate surface area is 494 Å². The molecule has 4 heterocycles. The first-order valence-electron chi connectivity index (χ1n) is 28.0. The van der Waals surface area contributed by atoms with Crippen molar-refractivity contribution in [3.63, 3.8) is 0 Å². The molecule has 0 amide bonds. The normalized spacial score (nSPS) is 11.2. The average Bonchev–Trinajstić information content (AvgIpc) is 3.55. The number of hydrogen-bond donors (Lipinski definition) is 0. The molecule has 0 bridgehead atoms. The molecular formula is C75H61IrN4O2. The Hall–Kier alpha value is -9.00. The first kappa shape index (κ1) is 54.9. The van der Waals surface area contributed by atoms with Gasteiger partial charge in [0.05, 0.1) is 22.4 Å². The van der Waals surface area contributed by atoms with Gasteiger partial charge in [0.1, 0.15) is 17.1 Å². The van der Waals surface area contributed by atoms with Gasteiger partial charge in [-0.3, -0.25) is 4.98 Å². The van der Waals surface area contributed by atoms with Crippen LogP contribution < -0.4 is 4.74 Å². The predicted molar refractivity (Wildman–Crippen MR) is 331 cm³/mol. The first-order valence-corrected chi connectivity index (χ1v) is 28.0. The van der Waals surface area contributed by atoms with E-state index >= 15 is 0 Å². The molecule has 0 aliphatic heterocycles. The minimum absolute atomic E-state index is 0. The fourth-order valence-electron chi connectivity index (χ4n) is 10.8. The van der Waals surface area contributed by atoms with Gasteiger partial charge in [-0.2, -0.15) is 0 Å². The molecule has 0 fully saturated rings. The summed E-state index contributed by atoms with van der Waals surface area (Å²) in [5, 5.41) is 2.18. The molecule has 402 valence electrons. The Morgan fingerprint density at radius 1 is 0.476 bits per heavy atom. The molecule has 6 nitrogen and oxygen atoms in total. The molecule has 0 atom stereocenters. The monoisotopic (exact) mass is 1240 g/mol. The van der Waals surface area contributed by atoms with Gasteiger partial charge < -0.3 is 23.7 Å². The zero-order chi connectivity index (χ0) is 55.1. The number of hydrogen-bond acceptors (Lipinski definition) is 5. The van der Waals surface area contributed by atoms with E-state index in [0.29, 0.717) is 11.8 Å². The molecule has 9 aromatic carbocycles. The molecule has 7 heteroatoms. The van der Waals surface area contributed by atoms with Crippen molar-refractivity contribution in [3.05, 3.63) is 288 Å². The summed E-state index contributed by atoms with van der Waals surface area (Å²) in [6, 6.07) is 87.4. The number of fused-ring (bicyclic) bond motifs is 4. The summed E-state index contributed by atoms with van der Waals surface area (Å²) in [6.07, 6.45) is 7.42. The third-order valence-electron chi connectivity index (χ3n) is 14.9. The van der Waals surface area contributed by atoms with Crippen molar-refractivity contribution >= 4 is 33.0 Å². The predicted octanol–water partition coefficient (Wildman–Crippen LogP) is 19.1. The van der Waals surface area contributed by atoms with Crippen molar-refractivity contribution in [2.45, 2.75) is 65.2 Å². The molecular weight excluding hydrogens is 1180 g/mol. The van der Waals surface area contributed by atoms with Gasteiger partial charge >= 0.3 is 20.1 Å². The number of pyridine rings is 2. The summed E-state index contributed by atoms with van der Waals surface area (Å²) in [5.41, 5.74) is 19.8. The smallest absolute Gasteiger partial charge is 0.501 e. The zero-order valence-electron chi connectivity index (χ0n) is 46.4. The number of rotatable bonds is 15. The van der Waals surface area contributed by atoms with E-state index in [2.05, 4.69) is 206 Å². The van der Waals surface area contributed by atoms with Crippen molar-refractivity contribution < 1.29 is 29.3 Å². The van der Waals surface area contributed by atoms with Crippen LogP contribution in [0.4, 0.5) is 0 Å². The maximum atomic E-state index is 6.47. The van der Waals surface area contributed by atoms with Crippen molar-refractivity contribution in [2.75, 3.05) is 0 Å². The number of aryl methyl sites for hydroxylation is 4. The molecule has 0 spiro atoms. The standard InChI is InChI=1S/C38H30N2O.C37H31N2O.Ir/c1-2-12-33(13-3-1)38-28-32(22-24-40-38)21-20-31-11-8-16-36(27-31)41-35-15-7-10-30(26-35)19-18-29-9-6-14-34(25-29)37-17-4-5-23-39-37;1-23(2)30-21-26(25-13-6-5-7-14-25)22-31(24(3)4)35(30)39-33-19-10-9-18-32(33)38-37(39)29-17-12-16-28-27-15-8-11-20-34(27)40-36(28)29;/h1-12,15-17,22-28H,18-21H2;5-16,18-24H,1-4H3;/q-2;-1;+3. The third kappa shape index (κ3) is 12.2. The number of furan rings is 1. The number of nitrogens with zero attached hydrogens (tertiary/aromatic N) is 4. The van der Waals surface area contributed by atoms with Gasteiger partial charge in [-0.05, 0) is 149 Å². The fraction of sp³-hybridized carbons (Fsp3) is 0.133. The van der Waals surface area contributed by atoms with Crippen LogP contribution in [0.15, 0.2) is 241 Å². The van der Waals surface area contributed by atoms with Crippen molar-refractivity contribution in [3.8, 4) is 62.2 Å². The van der Waals surface area contributed by atoms with E-state index in [1.54, 1.807) is 0 Å². The molecule has 4 aromatic heterocycles. The molecule has 0 saturated carbocycles. The zero-order valence-corrected chi connectivity index (χ0v) is 48.8. The topological polar surface area (TPSA) is 66.0 Å². The number of aromatic nitrogens is 4. The Bertz CT molecular complexity index is 4120. The molecule has 13 aromatic rings. The second-order valence-electron chi connectivity index (χ2n) is 21.2. The molecule has 82 heavy (non-hydrogen) atoms. The van der Waals surface area contributed by atoms with Crippen LogP contribution in [0.2, 0.25) is 0 Å². The number of ether oxygens (including phenoxy) is 1. The Morgan fingerprint density at radius 2 is 1.11 bits per heavy atom. The SMILES string of the molecule is CC(C)c1cc(-c2ccccc2)cc(C(C)C)c1-n1c(-c2[c-]ccc3c2oc2ccccc23)nc2ccccc21.[Ir+3].[c-]1ccccc1-c1cc(CCc2cccc(Oc3cccc(CCc4cc[c-]c(-c5ccccn5)c4)c3)c2)ccn1. The summed E-state index contributed by atoms with van der Waals surface area (Å²) in [6.45, 7) is 9.12. The summed E-state index contributed by atoms with van der Waals surface area (Å²) in [7, 11) is 0. The van der Waals surface area contributed by atoms with Gasteiger partial charge in [0.2, 0.25) is 0 Å². The van der Waals surface area contributed by atoms with Crippen LogP contribution in [0.25, 0.3) is 83.7 Å². The van der Waals surface area contributed by atoms with Gasteiger partial charge in [-0.15, -0.1) is 89.5 Å². The van der Waals surface area contributed by atoms with E-state index in [-0.39, 0.29) is 20.1 Å². The van der Waals surface area contributed by atoms with Crippen LogP contribution in [-0.4, -0.2) is 19.5 Å². The van der Waals surface area contributed by atoms with Gasteiger partial charge in [0.25, 0.3) is 0 Å². The fourth-order valence-corrected chi connectivity index (χ4v) is 10.8.